The first kappa shape index (κ1) is 22.4. The summed E-state index contributed by atoms with van der Waals surface area (Å²) in [5, 5.41) is 16.3. The summed E-state index contributed by atoms with van der Waals surface area (Å²) in [6.45, 7) is 1.22. The number of piperidine rings is 1. The van der Waals surface area contributed by atoms with Gasteiger partial charge in [-0.3, -0.25) is 0 Å². The van der Waals surface area contributed by atoms with Gasteiger partial charge in [0, 0.05) is 24.3 Å². The number of sulfonamides is 2. The van der Waals surface area contributed by atoms with Gasteiger partial charge in [-0.25, -0.2) is 36.7 Å². The van der Waals surface area contributed by atoms with Gasteiger partial charge in [-0.05, 0) is 43.1 Å². The second kappa shape index (κ2) is 8.63. The van der Waals surface area contributed by atoms with Crippen molar-refractivity contribution in [1.29, 1.82) is 0 Å². The fourth-order valence-corrected chi connectivity index (χ4v) is 6.55. The van der Waals surface area contributed by atoms with Crippen LogP contribution < -0.4 is 20.9 Å². The molecule has 1 fully saturated rings. The summed E-state index contributed by atoms with van der Waals surface area (Å²) in [6, 6.07) is 5.47. The predicted molar refractivity (Wildman–Crippen MR) is 118 cm³/mol. The summed E-state index contributed by atoms with van der Waals surface area (Å²) < 4.78 is 54.5. The Labute approximate surface area is 185 Å². The third-order valence-electron chi connectivity index (χ3n) is 5.08. The Kier molecular flexibility index (Phi) is 6.05. The van der Waals surface area contributed by atoms with E-state index in [9.17, 15) is 16.8 Å². The van der Waals surface area contributed by atoms with Gasteiger partial charge >= 0.3 is 0 Å². The second-order valence-corrected chi connectivity index (χ2v) is 10.5. The van der Waals surface area contributed by atoms with Gasteiger partial charge in [0.05, 0.1) is 5.56 Å². The van der Waals surface area contributed by atoms with Crippen molar-refractivity contribution in [2.45, 2.75) is 28.7 Å². The number of hydrogen-bond donors (Lipinski definition) is 4. The number of anilines is 1. The lowest BCUT2D eigenvalue weighted by molar-refractivity contribution is 0.428. The number of nitrogens with two attached hydrogens (primary N) is 2. The molecule has 1 aromatic heterocycles. The van der Waals surface area contributed by atoms with Gasteiger partial charge in [0.1, 0.15) is 15.6 Å². The molecule has 2 aliphatic heterocycles. The number of primary sulfonamides is 1. The lowest BCUT2D eigenvalue weighted by Crippen LogP contribution is -2.45. The Balaban J connectivity index is 1.95. The monoisotopic (exact) mass is 478 g/mol. The summed E-state index contributed by atoms with van der Waals surface area (Å²) in [6.07, 6.45) is 2.86. The number of benzene rings is 1. The number of nitrogens with zero attached hydrogens (tertiary/aromatic N) is 4. The fraction of sp³-hybridized carbons (Fsp3) is 0.333. The molecular weight excluding hydrogens is 456 g/mol. The maximum atomic E-state index is 13.2. The van der Waals surface area contributed by atoms with E-state index < -0.39 is 29.8 Å². The Bertz CT molecular complexity index is 1300. The zero-order chi connectivity index (χ0) is 22.9. The number of aliphatic imine (C=N–C) groups is 1. The van der Waals surface area contributed by atoms with Crippen LogP contribution >= 0.6 is 0 Å². The molecule has 0 radical (unpaired) electrons. The molecule has 0 amide bonds. The van der Waals surface area contributed by atoms with Crippen LogP contribution in [0.15, 0.2) is 55.5 Å². The highest BCUT2D eigenvalue weighted by molar-refractivity contribution is 7.92. The molecule has 0 bridgehead atoms. The number of nitrogens with one attached hydrogen (secondary N) is 2. The summed E-state index contributed by atoms with van der Waals surface area (Å²) >= 11 is 0. The maximum Gasteiger partial charge on any atom is 0.242 e. The van der Waals surface area contributed by atoms with Gasteiger partial charge in [-0.1, -0.05) is 6.07 Å². The van der Waals surface area contributed by atoms with Crippen molar-refractivity contribution in [3.05, 3.63) is 36.0 Å². The molecule has 1 aromatic carbocycles. The number of amidine groups is 1. The highest BCUT2D eigenvalue weighted by atomic mass is 32.2. The van der Waals surface area contributed by atoms with Crippen LogP contribution in [0.3, 0.4) is 0 Å². The summed E-state index contributed by atoms with van der Waals surface area (Å²) in [5.74, 6) is 0.238. The number of hydrogen-bond acceptors (Lipinski definition) is 10. The SMILES string of the molecule is Nc1ccc(-c2ccc(S(=O)(=O)N[C@H]3CCCNC3)c(S(N)(=O)=O)c2C2=NCN=N2)cn1. The van der Waals surface area contributed by atoms with Crippen molar-refractivity contribution in [1.82, 2.24) is 15.0 Å². The standard InChI is InChI=1S/C18H22N8O4S2/c19-15-6-3-11(8-22-15)13-4-5-14(32(29,30)26-12-2-1-7-21-9-12)17(31(20,27)28)16(13)18-23-10-24-25-18/h3-6,8,12,21,26H,1-2,7,9-10H2,(H2,19,22)(H2,20,27,28)/t12-/m0/s1. The van der Waals surface area contributed by atoms with Gasteiger partial charge in [0.2, 0.25) is 20.0 Å². The molecule has 6 N–H and O–H groups in total. The lowest BCUT2D eigenvalue weighted by Gasteiger charge is -2.24. The van der Waals surface area contributed by atoms with Gasteiger partial charge < -0.3 is 11.1 Å². The third-order valence-corrected chi connectivity index (χ3v) is 7.77. The predicted octanol–water partition coefficient (Wildman–Crippen LogP) is 0.178. The maximum absolute atomic E-state index is 13.2. The first-order chi connectivity index (χ1) is 15.2. The van der Waals surface area contributed by atoms with Crippen LogP contribution in [0.25, 0.3) is 11.1 Å². The number of nitrogen functional groups attached to an aromatic ring is 1. The molecule has 14 heteroatoms. The van der Waals surface area contributed by atoms with Crippen molar-refractivity contribution >= 4 is 31.7 Å². The Hall–Kier alpha value is -2.78. The van der Waals surface area contributed by atoms with E-state index in [-0.39, 0.29) is 29.9 Å². The van der Waals surface area contributed by atoms with Crippen molar-refractivity contribution < 1.29 is 16.8 Å². The minimum atomic E-state index is -4.53. The Morgan fingerprint density at radius 3 is 2.53 bits per heavy atom. The van der Waals surface area contributed by atoms with Crippen LogP contribution in [-0.2, 0) is 20.0 Å². The van der Waals surface area contributed by atoms with Gasteiger partial charge in [0.25, 0.3) is 0 Å². The molecule has 12 nitrogen and oxygen atoms in total. The van der Waals surface area contributed by atoms with E-state index in [0.29, 0.717) is 24.1 Å². The molecule has 2 aromatic rings. The largest absolute Gasteiger partial charge is 0.384 e. The number of aromatic nitrogens is 1. The third kappa shape index (κ3) is 4.54. The van der Waals surface area contributed by atoms with Crippen molar-refractivity contribution in [3.63, 3.8) is 0 Å². The van der Waals surface area contributed by atoms with Crippen molar-refractivity contribution in [2.24, 2.45) is 20.4 Å². The van der Waals surface area contributed by atoms with Crippen LogP contribution in [0.2, 0.25) is 0 Å². The molecule has 1 atom stereocenters. The number of rotatable bonds is 6. The Morgan fingerprint density at radius 2 is 1.94 bits per heavy atom. The van der Waals surface area contributed by atoms with Crippen LogP contribution in [0.4, 0.5) is 5.82 Å². The van der Waals surface area contributed by atoms with Crippen molar-refractivity contribution in [2.75, 3.05) is 25.5 Å². The molecule has 4 rings (SSSR count). The molecule has 170 valence electrons. The average Bonchev–Trinajstić information content (AvgIpc) is 3.28. The van der Waals surface area contributed by atoms with E-state index >= 15 is 0 Å². The van der Waals surface area contributed by atoms with E-state index in [4.69, 9.17) is 10.9 Å². The zero-order valence-electron chi connectivity index (χ0n) is 16.9. The number of pyridine rings is 1. The number of azo groups is 1. The second-order valence-electron chi connectivity index (χ2n) is 7.36. The fourth-order valence-electron chi connectivity index (χ4n) is 3.68. The highest BCUT2D eigenvalue weighted by Gasteiger charge is 2.33. The molecule has 0 spiro atoms. The van der Waals surface area contributed by atoms with Gasteiger partial charge in [-0.15, -0.1) is 5.11 Å². The molecule has 0 unspecified atom stereocenters. The van der Waals surface area contributed by atoms with Gasteiger partial charge in [0.15, 0.2) is 12.5 Å². The van der Waals surface area contributed by atoms with Crippen LogP contribution in [-0.4, -0.2) is 53.5 Å². The minimum absolute atomic E-state index is 0.0121. The van der Waals surface area contributed by atoms with E-state index in [1.165, 1.54) is 24.4 Å². The van der Waals surface area contributed by atoms with E-state index in [0.717, 1.165) is 13.0 Å². The van der Waals surface area contributed by atoms with Crippen LogP contribution in [0.5, 0.6) is 0 Å². The zero-order valence-corrected chi connectivity index (χ0v) is 18.5. The smallest absolute Gasteiger partial charge is 0.242 e. The topological polar surface area (TPSA) is 194 Å². The van der Waals surface area contributed by atoms with Crippen molar-refractivity contribution in [3.8, 4) is 11.1 Å². The van der Waals surface area contributed by atoms with E-state index in [1.807, 2.05) is 0 Å². The molecule has 0 aliphatic carbocycles. The van der Waals surface area contributed by atoms with E-state index in [1.54, 1.807) is 6.07 Å². The van der Waals surface area contributed by atoms with Crippen LogP contribution in [0, 0.1) is 0 Å². The Morgan fingerprint density at radius 1 is 1.12 bits per heavy atom. The van der Waals surface area contributed by atoms with E-state index in [2.05, 4.69) is 30.2 Å². The first-order valence-corrected chi connectivity index (χ1v) is 12.8. The first-order valence-electron chi connectivity index (χ1n) is 9.74. The van der Waals surface area contributed by atoms with Gasteiger partial charge in [-0.2, -0.15) is 5.11 Å². The molecular formula is C18H22N8O4S2. The highest BCUT2D eigenvalue weighted by Crippen LogP contribution is 2.35. The molecule has 2 aliphatic rings. The summed E-state index contributed by atoms with van der Waals surface area (Å²) in [7, 11) is -8.77. The summed E-state index contributed by atoms with van der Waals surface area (Å²) in [5.41, 5.74) is 6.42. The minimum Gasteiger partial charge on any atom is -0.384 e. The quantitative estimate of drug-likeness (QED) is 0.454. The molecule has 32 heavy (non-hydrogen) atoms. The summed E-state index contributed by atoms with van der Waals surface area (Å²) in [4.78, 5) is 7.08. The molecule has 3 heterocycles. The average molecular weight is 479 g/mol. The van der Waals surface area contributed by atoms with Crippen LogP contribution in [0.1, 0.15) is 18.4 Å². The molecule has 0 saturated carbocycles. The normalized spacial score (nSPS) is 19.2. The molecule has 1 saturated heterocycles. The lowest BCUT2D eigenvalue weighted by atomic mass is 10.00.